The van der Waals surface area contributed by atoms with Crippen molar-refractivity contribution >= 4 is 0 Å². The third-order valence-electron chi connectivity index (χ3n) is 3.30. The van der Waals surface area contributed by atoms with Crippen LogP contribution in [0, 0.1) is 11.6 Å². The van der Waals surface area contributed by atoms with E-state index in [0.717, 1.165) is 44.1 Å². The van der Waals surface area contributed by atoms with Gasteiger partial charge < -0.3 is 9.84 Å². The van der Waals surface area contributed by atoms with Gasteiger partial charge in [0.05, 0.1) is 5.56 Å². The van der Waals surface area contributed by atoms with Gasteiger partial charge in [-0.05, 0) is 44.1 Å². The van der Waals surface area contributed by atoms with E-state index in [0.29, 0.717) is 5.82 Å². The predicted molar refractivity (Wildman–Crippen MR) is 64.5 cm³/mol. The van der Waals surface area contributed by atoms with Crippen LogP contribution in [-0.2, 0) is 0 Å². The molecular weight excluding hydrogens is 252 g/mol. The first-order chi connectivity index (χ1) is 9.24. The summed E-state index contributed by atoms with van der Waals surface area (Å²) in [6.45, 7) is 1.81. The summed E-state index contributed by atoms with van der Waals surface area (Å²) in [7, 11) is 0. The summed E-state index contributed by atoms with van der Waals surface area (Å²) in [5, 5.41) is 7.13. The molecule has 0 saturated carbocycles. The Kier molecular flexibility index (Phi) is 3.25. The Labute approximate surface area is 108 Å². The van der Waals surface area contributed by atoms with E-state index in [1.807, 2.05) is 0 Å². The number of benzene rings is 1. The first-order valence-electron chi connectivity index (χ1n) is 6.24. The number of rotatable bonds is 2. The van der Waals surface area contributed by atoms with Crippen LogP contribution in [0.3, 0.4) is 0 Å². The Morgan fingerprint density at radius 2 is 2.00 bits per heavy atom. The lowest BCUT2D eigenvalue weighted by atomic mass is 9.98. The molecule has 2 heterocycles. The molecule has 1 aromatic heterocycles. The van der Waals surface area contributed by atoms with Gasteiger partial charge >= 0.3 is 0 Å². The molecule has 1 fully saturated rings. The molecule has 0 atom stereocenters. The van der Waals surface area contributed by atoms with Crippen molar-refractivity contribution in [3.8, 4) is 11.5 Å². The molecule has 0 spiro atoms. The highest BCUT2D eigenvalue weighted by Crippen LogP contribution is 2.27. The molecule has 1 aliphatic rings. The number of nitrogens with zero attached hydrogens (tertiary/aromatic N) is 2. The van der Waals surface area contributed by atoms with Crippen LogP contribution in [0.25, 0.3) is 11.5 Å². The number of piperidine rings is 1. The number of aromatic nitrogens is 2. The molecular formula is C13H13F2N3O. The van der Waals surface area contributed by atoms with Crippen LogP contribution in [0.1, 0.15) is 24.6 Å². The fourth-order valence-electron chi connectivity index (χ4n) is 2.25. The van der Waals surface area contributed by atoms with Crippen molar-refractivity contribution in [1.29, 1.82) is 0 Å². The van der Waals surface area contributed by atoms with Crippen LogP contribution >= 0.6 is 0 Å². The monoisotopic (exact) mass is 265 g/mol. The average Bonchev–Trinajstić information content (AvgIpc) is 2.92. The third-order valence-corrected chi connectivity index (χ3v) is 3.30. The maximum Gasteiger partial charge on any atom is 0.261 e. The molecule has 0 amide bonds. The van der Waals surface area contributed by atoms with Crippen molar-refractivity contribution in [3.05, 3.63) is 35.7 Å². The van der Waals surface area contributed by atoms with Crippen molar-refractivity contribution < 1.29 is 13.3 Å². The highest BCUT2D eigenvalue weighted by Gasteiger charge is 2.22. The summed E-state index contributed by atoms with van der Waals surface area (Å²) < 4.78 is 31.8. The fourth-order valence-corrected chi connectivity index (χ4v) is 2.25. The van der Waals surface area contributed by atoms with Crippen LogP contribution in [0.4, 0.5) is 8.78 Å². The van der Waals surface area contributed by atoms with Crippen molar-refractivity contribution in [2.45, 2.75) is 18.8 Å². The highest BCUT2D eigenvalue weighted by molar-refractivity contribution is 5.53. The van der Waals surface area contributed by atoms with Crippen molar-refractivity contribution in [1.82, 2.24) is 15.5 Å². The molecule has 3 rings (SSSR count). The Bertz CT molecular complexity index is 579. The van der Waals surface area contributed by atoms with Gasteiger partial charge in [-0.2, -0.15) is 4.98 Å². The van der Waals surface area contributed by atoms with E-state index < -0.39 is 11.6 Å². The maximum atomic E-state index is 13.6. The second kappa shape index (κ2) is 5.05. The molecule has 0 radical (unpaired) electrons. The van der Waals surface area contributed by atoms with E-state index in [-0.39, 0.29) is 17.4 Å². The summed E-state index contributed by atoms with van der Waals surface area (Å²) in [5.74, 6) is -0.277. The van der Waals surface area contributed by atoms with Crippen LogP contribution < -0.4 is 5.32 Å². The lowest BCUT2D eigenvalue weighted by Gasteiger charge is -2.18. The number of halogens is 2. The molecule has 4 nitrogen and oxygen atoms in total. The lowest BCUT2D eigenvalue weighted by molar-refractivity contribution is 0.391. The number of nitrogens with one attached hydrogen (secondary N) is 1. The van der Waals surface area contributed by atoms with E-state index in [1.165, 1.54) is 0 Å². The molecule has 19 heavy (non-hydrogen) atoms. The van der Waals surface area contributed by atoms with Gasteiger partial charge in [0.25, 0.3) is 5.89 Å². The zero-order valence-electron chi connectivity index (χ0n) is 10.2. The lowest BCUT2D eigenvalue weighted by Crippen LogP contribution is -2.27. The molecule has 0 aliphatic carbocycles. The van der Waals surface area contributed by atoms with Gasteiger partial charge in [0, 0.05) is 5.92 Å². The summed E-state index contributed by atoms with van der Waals surface area (Å²) in [6.07, 6.45) is 1.84. The largest absolute Gasteiger partial charge is 0.334 e. The Morgan fingerprint density at radius 3 is 2.79 bits per heavy atom. The summed E-state index contributed by atoms with van der Waals surface area (Å²) in [5.41, 5.74) is 0.00712. The van der Waals surface area contributed by atoms with Gasteiger partial charge in [-0.25, -0.2) is 8.78 Å². The topological polar surface area (TPSA) is 51.0 Å². The highest BCUT2D eigenvalue weighted by atomic mass is 19.1. The standard InChI is InChI=1S/C13H13F2N3O/c14-9-1-2-11(15)10(7-9)13-17-12(18-19-13)8-3-5-16-6-4-8/h1-2,7-8,16H,3-6H2. The molecule has 1 saturated heterocycles. The second-order valence-corrected chi connectivity index (χ2v) is 4.61. The molecule has 1 aromatic carbocycles. The van der Waals surface area contributed by atoms with Gasteiger partial charge in [-0.15, -0.1) is 0 Å². The van der Waals surface area contributed by atoms with Crippen molar-refractivity contribution in [2.75, 3.05) is 13.1 Å². The minimum atomic E-state index is -0.568. The van der Waals surface area contributed by atoms with Gasteiger partial charge in [-0.1, -0.05) is 5.16 Å². The molecule has 2 aromatic rings. The molecule has 1 N–H and O–H groups in total. The first kappa shape index (κ1) is 12.2. The van der Waals surface area contributed by atoms with Gasteiger partial charge in [0.2, 0.25) is 0 Å². The van der Waals surface area contributed by atoms with E-state index in [2.05, 4.69) is 15.5 Å². The Morgan fingerprint density at radius 1 is 1.21 bits per heavy atom. The zero-order chi connectivity index (χ0) is 13.2. The van der Waals surface area contributed by atoms with Crippen LogP contribution in [0.5, 0.6) is 0 Å². The maximum absolute atomic E-state index is 13.6. The first-order valence-corrected chi connectivity index (χ1v) is 6.24. The van der Waals surface area contributed by atoms with Crippen LogP contribution in [0.15, 0.2) is 22.7 Å². The molecule has 0 unspecified atom stereocenters. The molecule has 1 aliphatic heterocycles. The summed E-state index contributed by atoms with van der Waals surface area (Å²) >= 11 is 0. The summed E-state index contributed by atoms with van der Waals surface area (Å²) in [4.78, 5) is 4.19. The minimum Gasteiger partial charge on any atom is -0.334 e. The SMILES string of the molecule is Fc1ccc(F)c(-c2nc(C3CCNCC3)no2)c1. The fraction of sp³-hybridized carbons (Fsp3) is 0.385. The Hall–Kier alpha value is -1.82. The molecule has 100 valence electrons. The van der Waals surface area contributed by atoms with Gasteiger partial charge in [-0.3, -0.25) is 0 Å². The van der Waals surface area contributed by atoms with Crippen molar-refractivity contribution in [2.24, 2.45) is 0 Å². The number of hydrogen-bond donors (Lipinski definition) is 1. The average molecular weight is 265 g/mol. The third kappa shape index (κ3) is 2.49. The normalized spacial score (nSPS) is 16.7. The molecule has 6 heteroatoms. The van der Waals surface area contributed by atoms with Crippen LogP contribution in [-0.4, -0.2) is 23.2 Å². The van der Waals surface area contributed by atoms with Gasteiger partial charge in [0.15, 0.2) is 5.82 Å². The predicted octanol–water partition coefficient (Wildman–Crippen LogP) is 2.48. The van der Waals surface area contributed by atoms with E-state index >= 15 is 0 Å². The van der Waals surface area contributed by atoms with Crippen molar-refractivity contribution in [3.63, 3.8) is 0 Å². The minimum absolute atomic E-state index is 0.00712. The molecule has 0 bridgehead atoms. The van der Waals surface area contributed by atoms with E-state index in [4.69, 9.17) is 4.52 Å². The second-order valence-electron chi connectivity index (χ2n) is 4.61. The smallest absolute Gasteiger partial charge is 0.261 e. The van der Waals surface area contributed by atoms with E-state index in [9.17, 15) is 8.78 Å². The van der Waals surface area contributed by atoms with Gasteiger partial charge in [0.1, 0.15) is 11.6 Å². The zero-order valence-corrected chi connectivity index (χ0v) is 10.2. The summed E-state index contributed by atoms with van der Waals surface area (Å²) in [6, 6.07) is 3.18. The van der Waals surface area contributed by atoms with E-state index in [1.54, 1.807) is 0 Å². The Balaban J connectivity index is 1.89. The quantitative estimate of drug-likeness (QED) is 0.906. The van der Waals surface area contributed by atoms with Crippen LogP contribution in [0.2, 0.25) is 0 Å². The number of hydrogen-bond acceptors (Lipinski definition) is 4.